The predicted octanol–water partition coefficient (Wildman–Crippen LogP) is 2.69. The molecular weight excluding hydrogens is 342 g/mol. The van der Waals surface area contributed by atoms with Gasteiger partial charge in [0.15, 0.2) is 9.04 Å². The van der Waals surface area contributed by atoms with Crippen molar-refractivity contribution in [2.24, 2.45) is 11.3 Å². The Morgan fingerprint density at radius 2 is 2.08 bits per heavy atom. The van der Waals surface area contributed by atoms with Crippen LogP contribution >= 0.6 is 11.8 Å². The van der Waals surface area contributed by atoms with E-state index in [4.69, 9.17) is 9.16 Å². The molecule has 0 radical (unpaired) electrons. The van der Waals surface area contributed by atoms with E-state index in [1.54, 1.807) is 0 Å². The van der Waals surface area contributed by atoms with Crippen LogP contribution in [0.2, 0.25) is 13.1 Å². The van der Waals surface area contributed by atoms with E-state index in [9.17, 15) is 9.59 Å². The van der Waals surface area contributed by atoms with Gasteiger partial charge in [-0.05, 0) is 37.8 Å². The summed E-state index contributed by atoms with van der Waals surface area (Å²) in [5.74, 6) is -0.299. The molecule has 0 unspecified atom stereocenters. The van der Waals surface area contributed by atoms with E-state index in [1.165, 1.54) is 11.8 Å². The van der Waals surface area contributed by atoms with Gasteiger partial charge in [-0.1, -0.05) is 39.5 Å². The Hall–Kier alpha value is -0.373. The molecule has 0 aromatic heterocycles. The average Bonchev–Trinajstić information content (AvgIpc) is 2.98. The first-order valence-electron chi connectivity index (χ1n) is 8.92. The minimum absolute atomic E-state index is 0.000865. The number of ether oxygens (including phenoxy) is 1. The molecule has 0 aromatic carbocycles. The van der Waals surface area contributed by atoms with E-state index in [1.807, 2.05) is 0 Å². The molecule has 24 heavy (non-hydrogen) atoms. The maximum absolute atomic E-state index is 12.4. The van der Waals surface area contributed by atoms with E-state index in [2.05, 4.69) is 46.1 Å². The van der Waals surface area contributed by atoms with Gasteiger partial charge in [0.1, 0.15) is 6.10 Å². The van der Waals surface area contributed by atoms with Crippen LogP contribution in [-0.4, -0.2) is 43.7 Å². The molecule has 2 aliphatic rings. The van der Waals surface area contributed by atoms with Crippen LogP contribution in [0.4, 0.5) is 0 Å². The highest BCUT2D eigenvalue weighted by molar-refractivity contribution is 8.14. The van der Waals surface area contributed by atoms with Gasteiger partial charge in [-0.15, -0.1) is 0 Å². The lowest BCUT2D eigenvalue weighted by molar-refractivity contribution is -0.157. The first-order chi connectivity index (χ1) is 11.1. The lowest BCUT2D eigenvalue weighted by Gasteiger charge is -2.55. The van der Waals surface area contributed by atoms with Crippen molar-refractivity contribution in [1.29, 1.82) is 0 Å². The topological polar surface area (TPSA) is 64.6 Å². The van der Waals surface area contributed by atoms with Gasteiger partial charge in [-0.3, -0.25) is 9.59 Å². The van der Waals surface area contributed by atoms with Crippen molar-refractivity contribution in [2.45, 2.75) is 77.1 Å². The van der Waals surface area contributed by atoms with Crippen molar-refractivity contribution < 1.29 is 18.8 Å². The van der Waals surface area contributed by atoms with Crippen molar-refractivity contribution in [2.75, 3.05) is 6.61 Å². The van der Waals surface area contributed by atoms with Crippen LogP contribution in [0.3, 0.4) is 0 Å². The number of hydrogen-bond acceptors (Lipinski definition) is 5. The molecule has 0 aliphatic carbocycles. The molecule has 138 valence electrons. The van der Waals surface area contributed by atoms with Crippen LogP contribution in [0.25, 0.3) is 0 Å². The smallest absolute Gasteiger partial charge is 0.229 e. The van der Waals surface area contributed by atoms with Crippen molar-refractivity contribution >= 4 is 31.8 Å². The Morgan fingerprint density at radius 3 is 2.50 bits per heavy atom. The maximum Gasteiger partial charge on any atom is 0.229 e. The molecule has 4 atom stereocenters. The van der Waals surface area contributed by atoms with E-state index in [0.717, 1.165) is 19.3 Å². The Balaban J connectivity index is 2.20. The highest BCUT2D eigenvalue weighted by Crippen LogP contribution is 2.49. The molecule has 5 nitrogen and oxygen atoms in total. The zero-order chi connectivity index (χ0) is 18.1. The number of thioether (sulfide) groups is 1. The minimum atomic E-state index is -1.36. The molecule has 2 rings (SSSR count). The molecule has 0 bridgehead atoms. The van der Waals surface area contributed by atoms with Crippen molar-refractivity contribution in [3.05, 3.63) is 0 Å². The highest BCUT2D eigenvalue weighted by Gasteiger charge is 2.59. The Bertz CT molecular complexity index is 487. The van der Waals surface area contributed by atoms with Crippen LogP contribution in [0.15, 0.2) is 0 Å². The van der Waals surface area contributed by atoms with Gasteiger partial charge in [-0.25, -0.2) is 0 Å². The summed E-state index contributed by atoms with van der Waals surface area (Å²) in [7, 11) is -1.36. The first-order valence-corrected chi connectivity index (χ1v) is 12.6. The third kappa shape index (κ3) is 3.74. The van der Waals surface area contributed by atoms with Gasteiger partial charge in [0, 0.05) is 6.61 Å². The van der Waals surface area contributed by atoms with Crippen molar-refractivity contribution in [3.8, 4) is 0 Å². The van der Waals surface area contributed by atoms with Gasteiger partial charge >= 0.3 is 0 Å². The lowest BCUT2D eigenvalue weighted by atomic mass is 9.65. The first kappa shape index (κ1) is 19.9. The lowest BCUT2D eigenvalue weighted by Crippen LogP contribution is -2.70. The van der Waals surface area contributed by atoms with Crippen LogP contribution in [-0.2, 0) is 18.8 Å². The zero-order valence-electron chi connectivity index (χ0n) is 15.7. The van der Waals surface area contributed by atoms with Crippen LogP contribution < -0.4 is 5.32 Å². The molecule has 2 fully saturated rings. The second-order valence-corrected chi connectivity index (χ2v) is 11.5. The molecule has 1 N–H and O–H groups in total. The van der Waals surface area contributed by atoms with Gasteiger partial charge in [0.25, 0.3) is 0 Å². The summed E-state index contributed by atoms with van der Waals surface area (Å²) >= 11 is 1.22. The molecule has 2 saturated heterocycles. The number of amides is 1. The number of β-lactam (4-membered cyclic amide) rings is 1. The van der Waals surface area contributed by atoms with E-state index >= 15 is 0 Å². The Morgan fingerprint density at radius 1 is 1.42 bits per heavy atom. The number of hydrogen-bond donors (Lipinski definition) is 1. The maximum atomic E-state index is 12.4. The number of nitrogens with one attached hydrogen (secondary N) is 1. The molecule has 7 heteroatoms. The molecule has 0 saturated carbocycles. The normalized spacial score (nSPS) is 30.0. The summed E-state index contributed by atoms with van der Waals surface area (Å²) in [4.78, 5) is 24.9. The second kappa shape index (κ2) is 7.48. The number of carbonyl (C=O) groups is 2. The predicted molar refractivity (Wildman–Crippen MR) is 99.4 cm³/mol. The summed E-state index contributed by atoms with van der Waals surface area (Å²) in [6, 6.07) is 0. The third-order valence-corrected chi connectivity index (χ3v) is 7.08. The molecule has 2 heterocycles. The average molecular weight is 374 g/mol. The molecule has 2 aliphatic heterocycles. The summed E-state index contributed by atoms with van der Waals surface area (Å²) in [6.45, 7) is 13.4. The zero-order valence-corrected chi connectivity index (χ0v) is 17.7. The molecule has 0 spiro atoms. The molecule has 0 aromatic rings. The highest BCUT2D eigenvalue weighted by atomic mass is 32.2. The fourth-order valence-corrected chi connectivity index (χ4v) is 6.59. The summed E-state index contributed by atoms with van der Waals surface area (Å²) in [5, 5.41) is 2.72. The van der Waals surface area contributed by atoms with E-state index < -0.39 is 14.6 Å². The minimum Gasteiger partial charge on any atom is -0.414 e. The van der Waals surface area contributed by atoms with Crippen LogP contribution in [0.1, 0.15) is 47.0 Å². The Labute approximate surface area is 151 Å². The number of carbonyl (C=O) groups excluding carboxylic acids is 2. The Kier molecular flexibility index (Phi) is 6.21. The monoisotopic (exact) mass is 373 g/mol. The van der Waals surface area contributed by atoms with Crippen LogP contribution in [0, 0.1) is 11.3 Å². The van der Waals surface area contributed by atoms with Gasteiger partial charge < -0.3 is 14.5 Å². The van der Waals surface area contributed by atoms with E-state index in [0.29, 0.717) is 6.61 Å². The van der Waals surface area contributed by atoms with Gasteiger partial charge in [0.2, 0.25) is 11.0 Å². The second-order valence-electron chi connectivity index (χ2n) is 8.01. The van der Waals surface area contributed by atoms with E-state index in [-0.39, 0.29) is 33.8 Å². The number of rotatable bonds is 6. The van der Waals surface area contributed by atoms with Gasteiger partial charge in [0.05, 0.1) is 16.9 Å². The summed E-state index contributed by atoms with van der Waals surface area (Å²) in [6.07, 6.45) is 2.15. The standard InChI is InChI=1S/C17H31NO4SSi/c1-7-17(16(2,3)4,22-24(5)6)12-13(19)18-14(12)23-15(20)11-9-8-10-21-11/h11-12,14,24H,7-10H2,1-6H3,(H,18,19)/t11-,12-,14+,17+/m1/s1. The fourth-order valence-electron chi connectivity index (χ4n) is 3.84. The third-order valence-electron chi connectivity index (χ3n) is 5.05. The van der Waals surface area contributed by atoms with Crippen LogP contribution in [0.5, 0.6) is 0 Å². The summed E-state index contributed by atoms with van der Waals surface area (Å²) in [5.41, 5.74) is -0.725. The SMILES string of the molecule is CC[C@](O[SiH](C)C)([C@@H]1C(=O)N[C@H]1SC(=O)[C@H]1CCCO1)C(C)(C)C. The van der Waals surface area contributed by atoms with Crippen molar-refractivity contribution in [1.82, 2.24) is 5.32 Å². The summed E-state index contributed by atoms with van der Waals surface area (Å²) < 4.78 is 12.0. The largest absolute Gasteiger partial charge is 0.414 e. The van der Waals surface area contributed by atoms with Gasteiger partial charge in [-0.2, -0.15) is 0 Å². The fraction of sp³-hybridized carbons (Fsp3) is 0.882. The molecular formula is C17H31NO4SSi. The quantitative estimate of drug-likeness (QED) is 0.573. The molecule has 1 amide bonds. The van der Waals surface area contributed by atoms with Crippen molar-refractivity contribution in [3.63, 3.8) is 0 Å².